The molecule has 2 N–H and O–H groups in total. The van der Waals surface area contributed by atoms with Gasteiger partial charge in [0.15, 0.2) is 0 Å². The van der Waals surface area contributed by atoms with E-state index in [-0.39, 0.29) is 18.7 Å². The molecule has 0 spiro atoms. The molecule has 9 heteroatoms. The van der Waals surface area contributed by atoms with Crippen molar-refractivity contribution in [2.75, 3.05) is 6.54 Å². The van der Waals surface area contributed by atoms with Crippen molar-refractivity contribution in [3.8, 4) is 10.6 Å². The predicted molar refractivity (Wildman–Crippen MR) is 90.1 cm³/mol. The van der Waals surface area contributed by atoms with Gasteiger partial charge in [-0.05, 0) is 12.1 Å². The fourth-order valence-corrected chi connectivity index (χ4v) is 3.87. The van der Waals surface area contributed by atoms with Crippen LogP contribution in [-0.2, 0) is 28.7 Å². The van der Waals surface area contributed by atoms with E-state index in [0.29, 0.717) is 30.1 Å². The molecule has 2 amide bonds. The summed E-state index contributed by atoms with van der Waals surface area (Å²) < 4.78 is 38.7. The zero-order valence-corrected chi connectivity index (χ0v) is 14.5. The molecule has 0 saturated carbocycles. The largest absolute Gasteiger partial charge is 0.416 e. The molecule has 26 heavy (non-hydrogen) atoms. The molecule has 1 aromatic carbocycles. The maximum atomic E-state index is 12.9. The lowest BCUT2D eigenvalue weighted by molar-refractivity contribution is -0.137. The fourth-order valence-electron chi connectivity index (χ4n) is 2.75. The lowest BCUT2D eigenvalue weighted by Gasteiger charge is -2.26. The third kappa shape index (κ3) is 4.04. The van der Waals surface area contributed by atoms with E-state index < -0.39 is 17.6 Å². The van der Waals surface area contributed by atoms with E-state index in [1.165, 1.54) is 17.4 Å². The SMILES string of the molecule is NC(=O)CCC(=O)N1CCc2nc(-c3cccc(C(F)(F)F)c3)sc2C1. The van der Waals surface area contributed by atoms with Crippen LogP contribution in [0, 0.1) is 0 Å². The summed E-state index contributed by atoms with van der Waals surface area (Å²) in [5, 5.41) is 0.507. The van der Waals surface area contributed by atoms with Crippen molar-refractivity contribution in [3.05, 3.63) is 40.4 Å². The van der Waals surface area contributed by atoms with Gasteiger partial charge in [-0.2, -0.15) is 13.2 Å². The van der Waals surface area contributed by atoms with Crippen LogP contribution in [0.5, 0.6) is 0 Å². The molecule has 2 heterocycles. The molecule has 0 radical (unpaired) electrons. The van der Waals surface area contributed by atoms with Crippen molar-refractivity contribution < 1.29 is 22.8 Å². The summed E-state index contributed by atoms with van der Waals surface area (Å²) in [7, 11) is 0. The molecule has 0 bridgehead atoms. The number of benzene rings is 1. The van der Waals surface area contributed by atoms with Crippen LogP contribution in [0.25, 0.3) is 10.6 Å². The number of carbonyl (C=O) groups is 2. The number of rotatable bonds is 4. The lowest BCUT2D eigenvalue weighted by atomic mass is 10.1. The molecule has 0 saturated heterocycles. The standard InChI is InChI=1S/C17H16F3N3O2S/c18-17(19,20)11-3-1-2-10(8-11)16-22-12-6-7-23(9-13(12)26-16)15(25)5-4-14(21)24/h1-3,8H,4-7,9H2,(H2,21,24). The fraction of sp³-hybridized carbons (Fsp3) is 0.353. The van der Waals surface area contributed by atoms with Crippen molar-refractivity contribution in [1.82, 2.24) is 9.88 Å². The van der Waals surface area contributed by atoms with Gasteiger partial charge in [0.05, 0.1) is 17.8 Å². The van der Waals surface area contributed by atoms with Gasteiger partial charge in [0.1, 0.15) is 5.01 Å². The van der Waals surface area contributed by atoms with Crippen molar-refractivity contribution >= 4 is 23.2 Å². The first kappa shape index (κ1) is 18.4. The maximum absolute atomic E-state index is 12.9. The number of carbonyl (C=O) groups excluding carboxylic acids is 2. The normalized spacial score (nSPS) is 14.2. The van der Waals surface area contributed by atoms with Gasteiger partial charge >= 0.3 is 6.18 Å². The Kier molecular flexibility index (Phi) is 4.99. The van der Waals surface area contributed by atoms with E-state index in [0.717, 1.165) is 22.7 Å². The summed E-state index contributed by atoms with van der Waals surface area (Å²) >= 11 is 1.29. The highest BCUT2D eigenvalue weighted by atomic mass is 32.1. The van der Waals surface area contributed by atoms with Gasteiger partial charge < -0.3 is 10.6 Å². The summed E-state index contributed by atoms with van der Waals surface area (Å²) in [5.41, 5.74) is 5.56. The molecule has 3 rings (SSSR count). The molecule has 0 fully saturated rings. The Bertz CT molecular complexity index is 848. The first-order valence-corrected chi connectivity index (χ1v) is 8.78. The van der Waals surface area contributed by atoms with Gasteiger partial charge in [0.25, 0.3) is 0 Å². The van der Waals surface area contributed by atoms with Crippen LogP contribution in [0.15, 0.2) is 24.3 Å². The smallest absolute Gasteiger partial charge is 0.370 e. The number of primary amides is 1. The van der Waals surface area contributed by atoms with Crippen LogP contribution in [0.4, 0.5) is 13.2 Å². The average molecular weight is 383 g/mol. The van der Waals surface area contributed by atoms with Gasteiger partial charge in [-0.1, -0.05) is 12.1 Å². The molecule has 1 aliphatic rings. The highest BCUT2D eigenvalue weighted by molar-refractivity contribution is 7.15. The van der Waals surface area contributed by atoms with E-state index in [4.69, 9.17) is 5.73 Å². The van der Waals surface area contributed by atoms with Crippen LogP contribution < -0.4 is 5.73 Å². The Balaban J connectivity index is 1.78. The van der Waals surface area contributed by atoms with E-state index in [9.17, 15) is 22.8 Å². The Morgan fingerprint density at radius 2 is 2.04 bits per heavy atom. The molecule has 5 nitrogen and oxygen atoms in total. The highest BCUT2D eigenvalue weighted by Crippen LogP contribution is 2.35. The van der Waals surface area contributed by atoms with Crippen molar-refractivity contribution in [2.24, 2.45) is 5.73 Å². The summed E-state index contributed by atoms with van der Waals surface area (Å²) in [4.78, 5) is 29.9. The Labute approximate surface area is 151 Å². The van der Waals surface area contributed by atoms with E-state index in [2.05, 4.69) is 4.98 Å². The van der Waals surface area contributed by atoms with Gasteiger partial charge in [-0.25, -0.2) is 4.98 Å². The van der Waals surface area contributed by atoms with Crippen molar-refractivity contribution in [2.45, 2.75) is 32.0 Å². The monoisotopic (exact) mass is 383 g/mol. The molecule has 138 valence electrons. The van der Waals surface area contributed by atoms with Gasteiger partial charge in [-0.15, -0.1) is 11.3 Å². The molecule has 0 aliphatic carbocycles. The minimum atomic E-state index is -4.41. The van der Waals surface area contributed by atoms with E-state index in [1.807, 2.05) is 0 Å². The summed E-state index contributed by atoms with van der Waals surface area (Å²) in [6.45, 7) is 0.819. The second-order valence-corrected chi connectivity index (χ2v) is 7.08. The number of thiazole rings is 1. The maximum Gasteiger partial charge on any atom is 0.416 e. The zero-order chi connectivity index (χ0) is 18.9. The van der Waals surface area contributed by atoms with Crippen LogP contribution >= 0.6 is 11.3 Å². The van der Waals surface area contributed by atoms with E-state index >= 15 is 0 Å². The minimum Gasteiger partial charge on any atom is -0.370 e. The van der Waals surface area contributed by atoms with E-state index in [1.54, 1.807) is 11.0 Å². The third-order valence-electron chi connectivity index (χ3n) is 4.11. The van der Waals surface area contributed by atoms with Crippen molar-refractivity contribution in [3.63, 3.8) is 0 Å². The Hall–Kier alpha value is -2.42. The van der Waals surface area contributed by atoms with Crippen LogP contribution in [-0.4, -0.2) is 28.2 Å². The molecule has 0 unspecified atom stereocenters. The minimum absolute atomic E-state index is 0.000363. The number of nitrogens with two attached hydrogens (primary N) is 1. The molecule has 2 aromatic rings. The van der Waals surface area contributed by atoms with Crippen molar-refractivity contribution in [1.29, 1.82) is 0 Å². The highest BCUT2D eigenvalue weighted by Gasteiger charge is 2.31. The molecule has 1 aromatic heterocycles. The first-order chi connectivity index (χ1) is 12.2. The summed E-state index contributed by atoms with van der Waals surface area (Å²) in [6, 6.07) is 5.06. The number of hydrogen-bond donors (Lipinski definition) is 1. The molecular weight excluding hydrogens is 367 g/mol. The average Bonchev–Trinajstić information content (AvgIpc) is 3.02. The number of halogens is 3. The number of fused-ring (bicyclic) bond motifs is 1. The van der Waals surface area contributed by atoms with Crippen LogP contribution in [0.3, 0.4) is 0 Å². The second kappa shape index (κ2) is 7.06. The van der Waals surface area contributed by atoms with Gasteiger partial charge in [-0.3, -0.25) is 9.59 Å². The predicted octanol–water partition coefficient (Wildman–Crippen LogP) is 2.98. The molecule has 1 aliphatic heterocycles. The topological polar surface area (TPSA) is 76.3 Å². The number of alkyl halides is 3. The number of aromatic nitrogens is 1. The van der Waals surface area contributed by atoms with Gasteiger partial charge in [0, 0.05) is 36.2 Å². The van der Waals surface area contributed by atoms with Crippen LogP contribution in [0.1, 0.15) is 29.0 Å². The Morgan fingerprint density at radius 3 is 2.73 bits per heavy atom. The second-order valence-electron chi connectivity index (χ2n) is 6.00. The Morgan fingerprint density at radius 1 is 1.27 bits per heavy atom. The number of hydrogen-bond acceptors (Lipinski definition) is 4. The van der Waals surface area contributed by atoms with Crippen LogP contribution in [0.2, 0.25) is 0 Å². The summed E-state index contributed by atoms with van der Waals surface area (Å²) in [6.07, 6.45) is -3.81. The lowest BCUT2D eigenvalue weighted by Crippen LogP contribution is -2.35. The molecular formula is C17H16F3N3O2S. The molecule has 0 atom stereocenters. The first-order valence-electron chi connectivity index (χ1n) is 7.96. The quantitative estimate of drug-likeness (QED) is 0.882. The number of nitrogens with zero attached hydrogens (tertiary/aromatic N) is 2. The zero-order valence-electron chi connectivity index (χ0n) is 13.7. The summed E-state index contributed by atoms with van der Waals surface area (Å²) in [5.74, 6) is -0.691. The third-order valence-corrected chi connectivity index (χ3v) is 5.24. The number of amides is 2. The van der Waals surface area contributed by atoms with Gasteiger partial charge in [0.2, 0.25) is 11.8 Å².